The van der Waals surface area contributed by atoms with Crippen molar-refractivity contribution in [1.29, 1.82) is 0 Å². The number of nitrogens with one attached hydrogen (secondary N) is 1. The zero-order valence-corrected chi connectivity index (χ0v) is 12.0. The van der Waals surface area contributed by atoms with Crippen LogP contribution in [0.3, 0.4) is 0 Å². The smallest absolute Gasteiger partial charge is 0.240 e. The number of aromatic nitrogens is 1. The number of hydrogen-bond acceptors (Lipinski definition) is 4. The minimum atomic E-state index is -3.52. The number of benzene rings is 1. The van der Waals surface area contributed by atoms with Gasteiger partial charge in [0.05, 0.1) is 4.90 Å². The van der Waals surface area contributed by atoms with Gasteiger partial charge in [0.1, 0.15) is 0 Å². The summed E-state index contributed by atoms with van der Waals surface area (Å²) >= 11 is 0. The maximum atomic E-state index is 12.2. The first kappa shape index (κ1) is 14.6. The van der Waals surface area contributed by atoms with Crippen molar-refractivity contribution >= 4 is 10.0 Å². The molecule has 0 aliphatic carbocycles. The van der Waals surface area contributed by atoms with Crippen molar-refractivity contribution in [2.24, 2.45) is 5.73 Å². The molecule has 2 aromatic rings. The van der Waals surface area contributed by atoms with Gasteiger partial charge in [0, 0.05) is 25.5 Å². The van der Waals surface area contributed by atoms with Crippen LogP contribution in [0.2, 0.25) is 0 Å². The molecule has 0 radical (unpaired) electrons. The summed E-state index contributed by atoms with van der Waals surface area (Å²) < 4.78 is 27.0. The molecule has 0 aliphatic heterocycles. The highest BCUT2D eigenvalue weighted by Gasteiger charge is 2.14. The van der Waals surface area contributed by atoms with Crippen molar-refractivity contribution in [3.63, 3.8) is 0 Å². The van der Waals surface area contributed by atoms with Crippen LogP contribution in [0.1, 0.15) is 16.7 Å². The Labute approximate surface area is 118 Å². The lowest BCUT2D eigenvalue weighted by Crippen LogP contribution is -2.23. The second-order valence-electron chi connectivity index (χ2n) is 4.47. The molecule has 20 heavy (non-hydrogen) atoms. The molecule has 0 aliphatic rings. The van der Waals surface area contributed by atoms with Crippen molar-refractivity contribution in [3.05, 3.63) is 59.4 Å². The van der Waals surface area contributed by atoms with E-state index in [1.165, 1.54) is 0 Å². The zero-order chi connectivity index (χ0) is 14.6. The van der Waals surface area contributed by atoms with Crippen LogP contribution in [0.5, 0.6) is 0 Å². The maximum absolute atomic E-state index is 12.2. The Morgan fingerprint density at radius 2 is 1.90 bits per heavy atom. The first-order chi connectivity index (χ1) is 9.53. The molecular formula is C14H17N3O2S. The van der Waals surface area contributed by atoms with E-state index in [1.807, 2.05) is 6.92 Å². The maximum Gasteiger partial charge on any atom is 0.240 e. The molecule has 1 heterocycles. The Kier molecular flexibility index (Phi) is 4.49. The fourth-order valence-corrected chi connectivity index (χ4v) is 2.93. The number of sulfonamides is 1. The van der Waals surface area contributed by atoms with Gasteiger partial charge in [-0.05, 0) is 47.9 Å². The Bertz CT molecular complexity index is 685. The first-order valence-electron chi connectivity index (χ1n) is 6.21. The number of rotatable bonds is 5. The van der Waals surface area contributed by atoms with E-state index in [0.717, 1.165) is 16.7 Å². The third-order valence-electron chi connectivity index (χ3n) is 3.06. The van der Waals surface area contributed by atoms with Crippen molar-refractivity contribution < 1.29 is 8.42 Å². The van der Waals surface area contributed by atoms with Crippen LogP contribution in [0, 0.1) is 6.92 Å². The summed E-state index contributed by atoms with van der Waals surface area (Å²) in [6.45, 7) is 2.49. The number of nitrogens with two attached hydrogens (primary N) is 1. The van der Waals surface area contributed by atoms with Crippen LogP contribution >= 0.6 is 0 Å². The van der Waals surface area contributed by atoms with E-state index in [0.29, 0.717) is 6.54 Å². The lowest BCUT2D eigenvalue weighted by molar-refractivity contribution is 0.581. The second-order valence-corrected chi connectivity index (χ2v) is 6.24. The SMILES string of the molecule is Cc1cc(S(=O)(=O)NCc2ccncc2)ccc1CN. The molecule has 1 aromatic heterocycles. The standard InChI is InChI=1S/C14H17N3O2S/c1-11-8-14(3-2-13(11)9-15)20(18,19)17-10-12-4-6-16-7-5-12/h2-8,17H,9-10,15H2,1H3. The quantitative estimate of drug-likeness (QED) is 0.870. The molecule has 0 bridgehead atoms. The molecule has 0 atom stereocenters. The van der Waals surface area contributed by atoms with Crippen LogP contribution < -0.4 is 10.5 Å². The average molecular weight is 291 g/mol. The number of aryl methyl sites for hydroxylation is 1. The van der Waals surface area contributed by atoms with Crippen LogP contribution in [0.4, 0.5) is 0 Å². The predicted octanol–water partition coefficient (Wildman–Crippen LogP) is 1.33. The zero-order valence-electron chi connectivity index (χ0n) is 11.2. The Hall–Kier alpha value is -1.76. The van der Waals surface area contributed by atoms with E-state index < -0.39 is 10.0 Å². The van der Waals surface area contributed by atoms with Crippen molar-refractivity contribution in [3.8, 4) is 0 Å². The van der Waals surface area contributed by atoms with Crippen LogP contribution in [0.25, 0.3) is 0 Å². The summed E-state index contributed by atoms with van der Waals surface area (Å²) in [5, 5.41) is 0. The molecular weight excluding hydrogens is 274 g/mol. The normalized spacial score (nSPS) is 11.5. The highest BCUT2D eigenvalue weighted by atomic mass is 32.2. The Morgan fingerprint density at radius 3 is 2.50 bits per heavy atom. The fourth-order valence-electron chi connectivity index (χ4n) is 1.83. The summed E-state index contributed by atoms with van der Waals surface area (Å²) in [6.07, 6.45) is 3.26. The van der Waals surface area contributed by atoms with Gasteiger partial charge in [-0.3, -0.25) is 4.98 Å². The van der Waals surface area contributed by atoms with E-state index in [-0.39, 0.29) is 11.4 Å². The lowest BCUT2D eigenvalue weighted by atomic mass is 10.1. The summed E-state index contributed by atoms with van der Waals surface area (Å²) in [5.74, 6) is 0. The van der Waals surface area contributed by atoms with Gasteiger partial charge in [-0.15, -0.1) is 0 Å². The number of hydrogen-bond donors (Lipinski definition) is 2. The molecule has 5 nitrogen and oxygen atoms in total. The van der Waals surface area contributed by atoms with E-state index in [2.05, 4.69) is 9.71 Å². The molecule has 1 aromatic carbocycles. The van der Waals surface area contributed by atoms with E-state index in [4.69, 9.17) is 5.73 Å². The highest BCUT2D eigenvalue weighted by Crippen LogP contribution is 2.15. The first-order valence-corrected chi connectivity index (χ1v) is 7.69. The molecule has 0 saturated heterocycles. The second kappa shape index (κ2) is 6.13. The molecule has 3 N–H and O–H groups in total. The third kappa shape index (κ3) is 3.41. The summed E-state index contributed by atoms with van der Waals surface area (Å²) in [4.78, 5) is 4.14. The minimum Gasteiger partial charge on any atom is -0.326 e. The highest BCUT2D eigenvalue weighted by molar-refractivity contribution is 7.89. The molecule has 0 saturated carbocycles. The van der Waals surface area contributed by atoms with Crippen LogP contribution in [-0.2, 0) is 23.1 Å². The minimum absolute atomic E-state index is 0.239. The Morgan fingerprint density at radius 1 is 1.20 bits per heavy atom. The number of nitrogens with zero attached hydrogens (tertiary/aromatic N) is 1. The molecule has 6 heteroatoms. The van der Waals surface area contributed by atoms with Crippen LogP contribution in [0.15, 0.2) is 47.6 Å². The van der Waals surface area contributed by atoms with E-state index in [1.54, 1.807) is 42.7 Å². The fraction of sp³-hybridized carbons (Fsp3) is 0.214. The van der Waals surface area contributed by atoms with Gasteiger partial charge in [0.25, 0.3) is 0 Å². The molecule has 0 fully saturated rings. The van der Waals surface area contributed by atoms with Gasteiger partial charge < -0.3 is 5.73 Å². The third-order valence-corrected chi connectivity index (χ3v) is 4.46. The summed E-state index contributed by atoms with van der Waals surface area (Å²) in [7, 11) is -3.52. The molecule has 2 rings (SSSR count). The largest absolute Gasteiger partial charge is 0.326 e. The van der Waals surface area contributed by atoms with Gasteiger partial charge in [0.15, 0.2) is 0 Å². The van der Waals surface area contributed by atoms with E-state index >= 15 is 0 Å². The van der Waals surface area contributed by atoms with Crippen molar-refractivity contribution in [1.82, 2.24) is 9.71 Å². The van der Waals surface area contributed by atoms with Gasteiger partial charge in [-0.25, -0.2) is 13.1 Å². The Balaban J connectivity index is 2.16. The topological polar surface area (TPSA) is 85.1 Å². The number of pyridine rings is 1. The van der Waals surface area contributed by atoms with Gasteiger partial charge in [-0.2, -0.15) is 0 Å². The molecule has 0 unspecified atom stereocenters. The lowest BCUT2D eigenvalue weighted by Gasteiger charge is -2.09. The van der Waals surface area contributed by atoms with Gasteiger partial charge in [-0.1, -0.05) is 6.07 Å². The molecule has 0 amide bonds. The summed E-state index contributed by atoms with van der Waals surface area (Å²) in [5.41, 5.74) is 8.25. The van der Waals surface area contributed by atoms with Crippen molar-refractivity contribution in [2.45, 2.75) is 24.9 Å². The molecule has 0 spiro atoms. The van der Waals surface area contributed by atoms with Gasteiger partial charge >= 0.3 is 0 Å². The van der Waals surface area contributed by atoms with Gasteiger partial charge in [0.2, 0.25) is 10.0 Å². The average Bonchev–Trinajstić information content (AvgIpc) is 2.46. The monoisotopic (exact) mass is 291 g/mol. The van der Waals surface area contributed by atoms with E-state index in [9.17, 15) is 8.42 Å². The van der Waals surface area contributed by atoms with Crippen LogP contribution in [-0.4, -0.2) is 13.4 Å². The predicted molar refractivity (Wildman–Crippen MR) is 77.3 cm³/mol. The molecule has 106 valence electrons. The van der Waals surface area contributed by atoms with Crippen molar-refractivity contribution in [2.75, 3.05) is 0 Å². The summed E-state index contributed by atoms with van der Waals surface area (Å²) in [6, 6.07) is 8.49.